The Morgan fingerprint density at radius 1 is 1.33 bits per heavy atom. The quantitative estimate of drug-likeness (QED) is 0.796. The minimum atomic E-state index is 0.186. The second-order valence-corrected chi connectivity index (χ2v) is 5.22. The summed E-state index contributed by atoms with van der Waals surface area (Å²) in [5, 5.41) is 3.29. The van der Waals surface area contributed by atoms with Crippen molar-refractivity contribution in [2.75, 3.05) is 5.32 Å². The largest absolute Gasteiger partial charge is 0.361 e. The smallest absolute Gasteiger partial charge is 0.163 e. The second-order valence-electron chi connectivity index (χ2n) is 5.22. The molecule has 2 nitrogen and oxygen atoms in total. The van der Waals surface area contributed by atoms with Gasteiger partial charge in [-0.15, -0.1) is 0 Å². The van der Waals surface area contributed by atoms with Crippen LogP contribution in [-0.2, 0) is 4.79 Å². The van der Waals surface area contributed by atoms with Crippen LogP contribution in [0.1, 0.15) is 37.3 Å². The SMILES string of the molecule is Cc1cccc(N/C=C2/CCC[C@@H](C)C2=O)c1C. The van der Waals surface area contributed by atoms with E-state index in [4.69, 9.17) is 0 Å². The third-order valence-electron chi connectivity index (χ3n) is 3.85. The van der Waals surface area contributed by atoms with Gasteiger partial charge in [-0.1, -0.05) is 19.1 Å². The molecular formula is C16H21NO. The van der Waals surface area contributed by atoms with E-state index < -0.39 is 0 Å². The average molecular weight is 243 g/mol. The van der Waals surface area contributed by atoms with Crippen LogP contribution in [0, 0.1) is 19.8 Å². The number of carbonyl (C=O) groups excluding carboxylic acids is 1. The number of nitrogens with one attached hydrogen (secondary N) is 1. The summed E-state index contributed by atoms with van der Waals surface area (Å²) >= 11 is 0. The first-order chi connectivity index (χ1) is 8.59. The molecule has 1 saturated carbocycles. The number of ketones is 1. The molecule has 96 valence electrons. The molecule has 2 heteroatoms. The topological polar surface area (TPSA) is 29.1 Å². The Morgan fingerprint density at radius 3 is 2.89 bits per heavy atom. The lowest BCUT2D eigenvalue weighted by molar-refractivity contribution is -0.119. The molecule has 0 radical (unpaired) electrons. The minimum absolute atomic E-state index is 0.186. The highest BCUT2D eigenvalue weighted by Gasteiger charge is 2.22. The number of allylic oxidation sites excluding steroid dienone is 1. The summed E-state index contributed by atoms with van der Waals surface area (Å²) in [5.41, 5.74) is 4.54. The number of Topliss-reactive ketones (excluding diaryl/α,β-unsaturated/α-hetero) is 1. The van der Waals surface area contributed by atoms with Crippen LogP contribution >= 0.6 is 0 Å². The van der Waals surface area contributed by atoms with Crippen LogP contribution in [-0.4, -0.2) is 5.78 Å². The van der Waals surface area contributed by atoms with Crippen LogP contribution in [0.5, 0.6) is 0 Å². The molecule has 18 heavy (non-hydrogen) atoms. The second kappa shape index (κ2) is 5.38. The molecule has 0 heterocycles. The molecule has 0 bridgehead atoms. The van der Waals surface area contributed by atoms with Gasteiger partial charge in [0.25, 0.3) is 0 Å². The highest BCUT2D eigenvalue weighted by Crippen LogP contribution is 2.25. The van der Waals surface area contributed by atoms with Gasteiger partial charge >= 0.3 is 0 Å². The van der Waals surface area contributed by atoms with E-state index >= 15 is 0 Å². The van der Waals surface area contributed by atoms with Crippen molar-refractivity contribution < 1.29 is 4.79 Å². The summed E-state index contributed by atoms with van der Waals surface area (Å²) in [4.78, 5) is 12.0. The Bertz CT molecular complexity index is 488. The van der Waals surface area contributed by atoms with E-state index in [1.165, 1.54) is 11.1 Å². The van der Waals surface area contributed by atoms with Gasteiger partial charge < -0.3 is 5.32 Å². The Labute approximate surface area is 109 Å². The third-order valence-corrected chi connectivity index (χ3v) is 3.85. The van der Waals surface area contributed by atoms with Crippen LogP contribution in [0.3, 0.4) is 0 Å². The van der Waals surface area contributed by atoms with Crippen LogP contribution < -0.4 is 5.32 Å². The predicted molar refractivity (Wildman–Crippen MR) is 75.6 cm³/mol. The summed E-state index contributed by atoms with van der Waals surface area (Å²) in [6.07, 6.45) is 4.95. The summed E-state index contributed by atoms with van der Waals surface area (Å²) in [5.74, 6) is 0.490. The fourth-order valence-electron chi connectivity index (χ4n) is 2.39. The highest BCUT2D eigenvalue weighted by atomic mass is 16.1. The van der Waals surface area contributed by atoms with Crippen molar-refractivity contribution in [1.82, 2.24) is 0 Å². The maximum atomic E-state index is 12.0. The Hall–Kier alpha value is -1.57. The van der Waals surface area contributed by atoms with Gasteiger partial charge in [0, 0.05) is 23.4 Å². The standard InChI is InChI=1S/C16H21NO/c1-11-6-5-9-15(13(11)3)17-10-14-8-4-7-12(2)16(14)18/h5-6,9-10,12,17H,4,7-8H2,1-3H3/b14-10-/t12-/m1/s1. The fourth-order valence-corrected chi connectivity index (χ4v) is 2.39. The molecule has 1 aliphatic rings. The molecule has 0 spiro atoms. The van der Waals surface area contributed by atoms with Crippen molar-refractivity contribution >= 4 is 11.5 Å². The van der Waals surface area contributed by atoms with Crippen molar-refractivity contribution in [3.63, 3.8) is 0 Å². The van der Waals surface area contributed by atoms with E-state index in [1.807, 2.05) is 19.2 Å². The fraction of sp³-hybridized carbons (Fsp3) is 0.438. The van der Waals surface area contributed by atoms with E-state index in [1.54, 1.807) is 0 Å². The highest BCUT2D eigenvalue weighted by molar-refractivity contribution is 5.97. The monoisotopic (exact) mass is 243 g/mol. The van der Waals surface area contributed by atoms with Crippen molar-refractivity contribution in [1.29, 1.82) is 0 Å². The Kier molecular flexibility index (Phi) is 3.85. The van der Waals surface area contributed by atoms with E-state index in [0.717, 1.165) is 30.5 Å². The molecule has 1 fully saturated rings. The van der Waals surface area contributed by atoms with Crippen LogP contribution in [0.4, 0.5) is 5.69 Å². The molecule has 1 aromatic rings. The zero-order valence-electron chi connectivity index (χ0n) is 11.4. The summed E-state index contributed by atoms with van der Waals surface area (Å²) in [6.45, 7) is 6.22. The summed E-state index contributed by atoms with van der Waals surface area (Å²) < 4.78 is 0. The molecule has 1 aliphatic carbocycles. The van der Waals surface area contributed by atoms with E-state index in [9.17, 15) is 4.79 Å². The molecule has 0 unspecified atom stereocenters. The van der Waals surface area contributed by atoms with E-state index in [0.29, 0.717) is 5.78 Å². The predicted octanol–water partition coefficient (Wildman–Crippen LogP) is 3.99. The van der Waals surface area contributed by atoms with Gasteiger partial charge in [0.15, 0.2) is 5.78 Å². The zero-order valence-corrected chi connectivity index (χ0v) is 11.4. The molecule has 0 saturated heterocycles. The summed E-state index contributed by atoms with van der Waals surface area (Å²) in [6, 6.07) is 6.19. The van der Waals surface area contributed by atoms with Gasteiger partial charge in [-0.2, -0.15) is 0 Å². The van der Waals surface area contributed by atoms with Gasteiger partial charge in [0.2, 0.25) is 0 Å². The van der Waals surface area contributed by atoms with Crippen LogP contribution in [0.25, 0.3) is 0 Å². The van der Waals surface area contributed by atoms with E-state index in [2.05, 4.69) is 31.3 Å². The molecule has 0 amide bonds. The lowest BCUT2D eigenvalue weighted by Gasteiger charge is -2.19. The van der Waals surface area contributed by atoms with Gasteiger partial charge in [0.05, 0.1) is 0 Å². The minimum Gasteiger partial charge on any atom is -0.361 e. The first-order valence-corrected chi connectivity index (χ1v) is 6.65. The van der Waals surface area contributed by atoms with Crippen LogP contribution in [0.15, 0.2) is 30.0 Å². The van der Waals surface area contributed by atoms with E-state index in [-0.39, 0.29) is 5.92 Å². The van der Waals surface area contributed by atoms with Gasteiger partial charge in [-0.05, 0) is 50.3 Å². The summed E-state index contributed by atoms with van der Waals surface area (Å²) in [7, 11) is 0. The number of carbonyl (C=O) groups is 1. The molecular weight excluding hydrogens is 222 g/mol. The third kappa shape index (κ3) is 2.63. The molecule has 1 aromatic carbocycles. The van der Waals surface area contributed by atoms with Gasteiger partial charge in [-0.25, -0.2) is 0 Å². The normalized spacial score (nSPS) is 22.3. The van der Waals surface area contributed by atoms with Crippen molar-refractivity contribution in [3.05, 3.63) is 41.1 Å². The number of hydrogen-bond donors (Lipinski definition) is 1. The van der Waals surface area contributed by atoms with Gasteiger partial charge in [-0.3, -0.25) is 4.79 Å². The van der Waals surface area contributed by atoms with Crippen molar-refractivity contribution in [2.24, 2.45) is 5.92 Å². The average Bonchev–Trinajstić information content (AvgIpc) is 2.36. The Balaban J connectivity index is 2.15. The first-order valence-electron chi connectivity index (χ1n) is 6.65. The number of anilines is 1. The molecule has 2 rings (SSSR count). The van der Waals surface area contributed by atoms with Crippen LogP contribution in [0.2, 0.25) is 0 Å². The number of aryl methyl sites for hydroxylation is 1. The lowest BCUT2D eigenvalue weighted by atomic mass is 9.86. The number of rotatable bonds is 2. The molecule has 1 N–H and O–H groups in total. The molecule has 1 atom stereocenters. The van der Waals surface area contributed by atoms with Gasteiger partial charge in [0.1, 0.15) is 0 Å². The maximum Gasteiger partial charge on any atom is 0.163 e. The zero-order chi connectivity index (χ0) is 13.1. The molecule has 0 aromatic heterocycles. The van der Waals surface area contributed by atoms with Crippen molar-refractivity contribution in [2.45, 2.75) is 40.0 Å². The number of hydrogen-bond acceptors (Lipinski definition) is 2. The maximum absolute atomic E-state index is 12.0. The first kappa shape index (κ1) is 12.9. The lowest BCUT2D eigenvalue weighted by Crippen LogP contribution is -2.19. The molecule has 0 aliphatic heterocycles. The Morgan fingerprint density at radius 2 is 2.11 bits per heavy atom. The number of benzene rings is 1. The van der Waals surface area contributed by atoms with Crippen molar-refractivity contribution in [3.8, 4) is 0 Å².